The van der Waals surface area contributed by atoms with E-state index in [1.54, 1.807) is 0 Å². The minimum absolute atomic E-state index is 0.0507. The van der Waals surface area contributed by atoms with Crippen molar-refractivity contribution in [1.82, 2.24) is 9.88 Å². The molecule has 0 saturated carbocycles. The van der Waals surface area contributed by atoms with E-state index in [0.29, 0.717) is 0 Å². The quantitative estimate of drug-likeness (QED) is 0.869. The number of benzene rings is 1. The number of hydrogen-bond donors (Lipinski definition) is 1. The molecule has 4 heteroatoms. The van der Waals surface area contributed by atoms with Gasteiger partial charge in [0.25, 0.3) is 0 Å². The number of rotatable bonds is 4. The number of methoxy groups -OCH3 is 1. The van der Waals surface area contributed by atoms with Crippen LogP contribution in [0.5, 0.6) is 0 Å². The van der Waals surface area contributed by atoms with Crippen LogP contribution in [0, 0.1) is 0 Å². The number of para-hydroxylation sites is 1. The number of hydrogen-bond acceptors (Lipinski definition) is 3. The standard InChI is InChI=1S/C16H20N2O2/c1-20-16(19)15-7-4-9-18(15)10-8-12-11-17-14-6-3-2-5-13(12)14/h2-3,5-6,11,15,17H,4,7-10H2,1H3/t15-/m0/s1. The highest BCUT2D eigenvalue weighted by molar-refractivity contribution is 5.83. The van der Waals surface area contributed by atoms with Crippen molar-refractivity contribution in [1.29, 1.82) is 0 Å². The smallest absolute Gasteiger partial charge is 0.323 e. The molecule has 20 heavy (non-hydrogen) atoms. The molecular weight excluding hydrogens is 252 g/mol. The Morgan fingerprint density at radius 2 is 2.30 bits per heavy atom. The number of ether oxygens (including phenoxy) is 1. The molecule has 2 aromatic rings. The Morgan fingerprint density at radius 1 is 1.45 bits per heavy atom. The summed E-state index contributed by atoms with van der Waals surface area (Å²) in [5, 5.41) is 1.28. The first-order valence-corrected chi connectivity index (χ1v) is 7.16. The molecule has 1 atom stereocenters. The van der Waals surface area contributed by atoms with E-state index < -0.39 is 0 Å². The second-order valence-corrected chi connectivity index (χ2v) is 5.33. The van der Waals surface area contributed by atoms with E-state index in [9.17, 15) is 4.79 Å². The number of likely N-dealkylation sites (tertiary alicyclic amines) is 1. The van der Waals surface area contributed by atoms with Gasteiger partial charge >= 0.3 is 5.97 Å². The number of esters is 1. The zero-order valence-corrected chi connectivity index (χ0v) is 11.8. The van der Waals surface area contributed by atoms with Gasteiger partial charge in [0, 0.05) is 23.6 Å². The minimum atomic E-state index is -0.0959. The molecule has 3 rings (SSSR count). The Balaban J connectivity index is 1.68. The van der Waals surface area contributed by atoms with Crippen LogP contribution < -0.4 is 0 Å². The summed E-state index contributed by atoms with van der Waals surface area (Å²) in [6, 6.07) is 8.28. The SMILES string of the molecule is COC(=O)[C@@H]1CCCN1CCc1c[nH]c2ccccc12. The first kappa shape index (κ1) is 13.2. The van der Waals surface area contributed by atoms with E-state index in [2.05, 4.69) is 34.3 Å². The number of fused-ring (bicyclic) bond motifs is 1. The lowest BCUT2D eigenvalue weighted by Crippen LogP contribution is -2.38. The summed E-state index contributed by atoms with van der Waals surface area (Å²) in [6.45, 7) is 1.89. The maximum Gasteiger partial charge on any atom is 0.323 e. The Morgan fingerprint density at radius 3 is 3.15 bits per heavy atom. The molecule has 1 aliphatic heterocycles. The topological polar surface area (TPSA) is 45.3 Å². The molecule has 1 fully saturated rings. The molecule has 0 amide bonds. The van der Waals surface area contributed by atoms with Crippen LogP contribution in [0.15, 0.2) is 30.5 Å². The van der Waals surface area contributed by atoms with Gasteiger partial charge in [0.05, 0.1) is 7.11 Å². The number of nitrogens with zero attached hydrogens (tertiary/aromatic N) is 1. The molecule has 0 spiro atoms. The monoisotopic (exact) mass is 272 g/mol. The number of nitrogens with one attached hydrogen (secondary N) is 1. The van der Waals surface area contributed by atoms with E-state index in [1.165, 1.54) is 23.6 Å². The maximum atomic E-state index is 11.7. The van der Waals surface area contributed by atoms with Crippen LogP contribution >= 0.6 is 0 Å². The van der Waals surface area contributed by atoms with Crippen molar-refractivity contribution in [3.63, 3.8) is 0 Å². The maximum absolute atomic E-state index is 11.7. The zero-order chi connectivity index (χ0) is 13.9. The fraction of sp³-hybridized carbons (Fsp3) is 0.438. The van der Waals surface area contributed by atoms with Crippen molar-refractivity contribution < 1.29 is 9.53 Å². The summed E-state index contributed by atoms with van der Waals surface area (Å²) in [5.74, 6) is -0.0959. The van der Waals surface area contributed by atoms with Gasteiger partial charge in [-0.1, -0.05) is 18.2 Å². The van der Waals surface area contributed by atoms with Crippen LogP contribution in [0.3, 0.4) is 0 Å². The van der Waals surface area contributed by atoms with Crippen molar-refractivity contribution in [2.45, 2.75) is 25.3 Å². The second-order valence-electron chi connectivity index (χ2n) is 5.33. The van der Waals surface area contributed by atoms with Crippen molar-refractivity contribution >= 4 is 16.9 Å². The molecule has 1 N–H and O–H groups in total. The Hall–Kier alpha value is -1.81. The van der Waals surface area contributed by atoms with Gasteiger partial charge < -0.3 is 9.72 Å². The number of carbonyl (C=O) groups excluding carboxylic acids is 1. The van der Waals surface area contributed by atoms with Crippen LogP contribution in [0.4, 0.5) is 0 Å². The van der Waals surface area contributed by atoms with Gasteiger partial charge in [-0.25, -0.2) is 0 Å². The largest absolute Gasteiger partial charge is 0.468 e. The van der Waals surface area contributed by atoms with Crippen molar-refractivity contribution in [3.05, 3.63) is 36.0 Å². The highest BCUT2D eigenvalue weighted by atomic mass is 16.5. The number of H-pyrrole nitrogens is 1. The lowest BCUT2D eigenvalue weighted by Gasteiger charge is -2.21. The lowest BCUT2D eigenvalue weighted by molar-refractivity contribution is -0.145. The number of aromatic amines is 1. The molecule has 0 aliphatic carbocycles. The summed E-state index contributed by atoms with van der Waals surface area (Å²) >= 11 is 0. The molecule has 0 radical (unpaired) electrons. The van der Waals surface area contributed by atoms with Gasteiger partial charge in [-0.15, -0.1) is 0 Å². The van der Waals surface area contributed by atoms with E-state index in [-0.39, 0.29) is 12.0 Å². The molecule has 1 aliphatic rings. The first-order chi connectivity index (χ1) is 9.79. The molecule has 0 unspecified atom stereocenters. The van der Waals surface area contributed by atoms with Crippen LogP contribution in [0.2, 0.25) is 0 Å². The second kappa shape index (κ2) is 5.67. The highest BCUT2D eigenvalue weighted by Crippen LogP contribution is 2.22. The van der Waals surface area contributed by atoms with Crippen LogP contribution in [-0.2, 0) is 16.0 Å². The number of carbonyl (C=O) groups is 1. The zero-order valence-electron chi connectivity index (χ0n) is 11.8. The fourth-order valence-corrected chi connectivity index (χ4v) is 3.10. The predicted molar refractivity (Wildman–Crippen MR) is 78.6 cm³/mol. The van der Waals surface area contributed by atoms with Gasteiger partial charge in [-0.05, 0) is 37.4 Å². The normalized spacial score (nSPS) is 19.6. The van der Waals surface area contributed by atoms with Gasteiger partial charge in [0.2, 0.25) is 0 Å². The summed E-state index contributed by atoms with van der Waals surface area (Å²) in [6.07, 6.45) is 5.03. The van der Waals surface area contributed by atoms with Gasteiger partial charge in [-0.2, -0.15) is 0 Å². The van der Waals surface area contributed by atoms with E-state index in [0.717, 1.165) is 32.4 Å². The van der Waals surface area contributed by atoms with E-state index >= 15 is 0 Å². The minimum Gasteiger partial charge on any atom is -0.468 e. The molecule has 4 nitrogen and oxygen atoms in total. The van der Waals surface area contributed by atoms with Gasteiger partial charge in [0.15, 0.2) is 0 Å². The average Bonchev–Trinajstić information content (AvgIpc) is 3.11. The van der Waals surface area contributed by atoms with Crippen molar-refractivity contribution in [3.8, 4) is 0 Å². The van der Waals surface area contributed by atoms with E-state index in [1.807, 2.05) is 6.07 Å². The molecule has 1 aromatic carbocycles. The number of aromatic nitrogens is 1. The Kier molecular flexibility index (Phi) is 3.74. The molecule has 0 bridgehead atoms. The molecule has 1 saturated heterocycles. The third-order valence-corrected chi connectivity index (χ3v) is 4.18. The third kappa shape index (κ3) is 2.43. The van der Waals surface area contributed by atoms with Crippen LogP contribution in [0.1, 0.15) is 18.4 Å². The fourth-order valence-electron chi connectivity index (χ4n) is 3.10. The van der Waals surface area contributed by atoms with Crippen LogP contribution in [-0.4, -0.2) is 42.1 Å². The Labute approximate surface area is 118 Å². The first-order valence-electron chi connectivity index (χ1n) is 7.16. The van der Waals surface area contributed by atoms with Gasteiger partial charge in [-0.3, -0.25) is 9.69 Å². The molecular formula is C16H20N2O2. The van der Waals surface area contributed by atoms with Crippen molar-refractivity contribution in [2.75, 3.05) is 20.2 Å². The highest BCUT2D eigenvalue weighted by Gasteiger charge is 2.30. The summed E-state index contributed by atoms with van der Waals surface area (Å²) in [4.78, 5) is 17.3. The molecule has 2 heterocycles. The summed E-state index contributed by atoms with van der Waals surface area (Å²) in [7, 11) is 1.47. The average molecular weight is 272 g/mol. The summed E-state index contributed by atoms with van der Waals surface area (Å²) in [5.41, 5.74) is 2.49. The van der Waals surface area contributed by atoms with Crippen LogP contribution in [0.25, 0.3) is 10.9 Å². The van der Waals surface area contributed by atoms with Gasteiger partial charge in [0.1, 0.15) is 6.04 Å². The molecule has 106 valence electrons. The predicted octanol–water partition coefficient (Wildman–Crippen LogP) is 2.35. The summed E-state index contributed by atoms with van der Waals surface area (Å²) < 4.78 is 4.88. The lowest BCUT2D eigenvalue weighted by atomic mass is 10.1. The third-order valence-electron chi connectivity index (χ3n) is 4.18. The van der Waals surface area contributed by atoms with Crippen molar-refractivity contribution in [2.24, 2.45) is 0 Å². The van der Waals surface area contributed by atoms with E-state index in [4.69, 9.17) is 4.74 Å². The Bertz CT molecular complexity index is 605. The molecule has 1 aromatic heterocycles.